The van der Waals surface area contributed by atoms with Crippen molar-refractivity contribution < 1.29 is 29.1 Å². The molecule has 0 unspecified atom stereocenters. The van der Waals surface area contributed by atoms with Gasteiger partial charge in [0.25, 0.3) is 0 Å². The number of aliphatic hydroxyl groups is 2. The highest BCUT2D eigenvalue weighted by molar-refractivity contribution is 7.46. The minimum Gasteiger partial charge on any atom is -0.389 e. The highest BCUT2D eigenvalue weighted by atomic mass is 31.2. The Hall–Kier alpha value is -0.0100. The zero-order chi connectivity index (χ0) is 19.9. The summed E-state index contributed by atoms with van der Waals surface area (Å²) in [7, 11) is -4.71. The van der Waals surface area contributed by atoms with Gasteiger partial charge in [0, 0.05) is 0 Å². The molecule has 0 amide bonds. The number of hydrogen-bond donors (Lipinski definition) is 5. The number of rotatable bonds is 18. The summed E-state index contributed by atoms with van der Waals surface area (Å²) in [5, 5.41) is 19.6. The third-order valence-electron chi connectivity index (χ3n) is 4.62. The van der Waals surface area contributed by atoms with Crippen LogP contribution in [0.3, 0.4) is 0 Å². The van der Waals surface area contributed by atoms with Crippen molar-refractivity contribution in [2.45, 2.75) is 109 Å². The highest BCUT2D eigenvalue weighted by Gasteiger charge is 2.33. The first-order valence-corrected chi connectivity index (χ1v) is 11.6. The summed E-state index contributed by atoms with van der Waals surface area (Å²) in [6.07, 6.45) is 14.8. The van der Waals surface area contributed by atoms with Gasteiger partial charge in [0.1, 0.15) is 6.61 Å². The molecule has 0 aromatic carbocycles. The van der Waals surface area contributed by atoms with Crippen LogP contribution in [0.1, 0.15) is 96.8 Å². The van der Waals surface area contributed by atoms with Crippen LogP contribution in [-0.4, -0.2) is 38.4 Å². The van der Waals surface area contributed by atoms with Crippen molar-refractivity contribution in [3.8, 4) is 0 Å². The lowest BCUT2D eigenvalue weighted by molar-refractivity contribution is -0.102. The van der Waals surface area contributed by atoms with Gasteiger partial charge in [0.05, 0.1) is 6.10 Å². The lowest BCUT2D eigenvalue weighted by Crippen LogP contribution is -2.54. The molecule has 0 rings (SSSR count). The van der Waals surface area contributed by atoms with Gasteiger partial charge in [0.15, 0.2) is 5.72 Å². The van der Waals surface area contributed by atoms with E-state index >= 15 is 0 Å². The van der Waals surface area contributed by atoms with Crippen LogP contribution in [-0.2, 0) is 9.09 Å². The van der Waals surface area contributed by atoms with Crippen LogP contribution in [0.2, 0.25) is 0 Å². The predicted molar refractivity (Wildman–Crippen MR) is 103 cm³/mol. The van der Waals surface area contributed by atoms with Crippen molar-refractivity contribution in [3.63, 3.8) is 0 Å². The molecule has 26 heavy (non-hydrogen) atoms. The summed E-state index contributed by atoms with van der Waals surface area (Å²) in [6, 6.07) is 0. The van der Waals surface area contributed by atoms with Crippen LogP contribution in [0.15, 0.2) is 0 Å². The molecule has 0 radical (unpaired) electrons. The lowest BCUT2D eigenvalue weighted by Gasteiger charge is -2.28. The molecule has 7 nitrogen and oxygen atoms in total. The summed E-state index contributed by atoms with van der Waals surface area (Å²) in [4.78, 5) is 17.2. The number of aliphatic hydroxyl groups excluding tert-OH is 1. The molecular formula is C18H40NO6P. The smallest absolute Gasteiger partial charge is 0.389 e. The number of phosphoric acid groups is 1. The van der Waals surface area contributed by atoms with Gasteiger partial charge < -0.3 is 20.0 Å². The Labute approximate surface area is 158 Å². The Morgan fingerprint density at radius 2 is 1.27 bits per heavy atom. The lowest BCUT2D eigenvalue weighted by atomic mass is 10.0. The third kappa shape index (κ3) is 16.2. The Kier molecular flexibility index (Phi) is 15.0. The SMILES string of the molecule is CCCCCCCCCCCCCCC[C@@H](O)[C@](N)(O)COP(=O)(O)O. The van der Waals surface area contributed by atoms with Gasteiger partial charge in [-0.25, -0.2) is 4.57 Å². The molecule has 8 heteroatoms. The zero-order valence-electron chi connectivity index (χ0n) is 16.3. The van der Waals surface area contributed by atoms with Crippen LogP contribution in [0, 0.1) is 0 Å². The fraction of sp³-hybridized carbons (Fsp3) is 1.00. The second-order valence-electron chi connectivity index (χ2n) is 7.30. The van der Waals surface area contributed by atoms with Crippen LogP contribution in [0.4, 0.5) is 0 Å². The number of nitrogens with two attached hydrogens (primary N) is 1. The average molecular weight is 397 g/mol. The Bertz CT molecular complexity index is 375. The number of hydrogen-bond acceptors (Lipinski definition) is 5. The summed E-state index contributed by atoms with van der Waals surface area (Å²) in [6.45, 7) is 1.43. The largest absolute Gasteiger partial charge is 0.469 e. The minimum atomic E-state index is -4.71. The molecule has 0 spiro atoms. The molecule has 6 N–H and O–H groups in total. The fourth-order valence-corrected chi connectivity index (χ4v) is 3.26. The standard InChI is InChI=1S/C18H40NO6P/c1-2-3-4-5-6-7-8-9-10-11-12-13-14-15-17(20)18(19,21)16-25-26(22,23)24/h17,20-21H,2-16,19H2,1H3,(H2,22,23,24)/t17-,18-/m1/s1. The molecular weight excluding hydrogens is 357 g/mol. The molecule has 2 atom stereocenters. The molecule has 0 aliphatic carbocycles. The molecule has 0 saturated heterocycles. The second-order valence-corrected chi connectivity index (χ2v) is 8.54. The molecule has 0 aromatic heterocycles. The van der Waals surface area contributed by atoms with E-state index in [9.17, 15) is 14.8 Å². The highest BCUT2D eigenvalue weighted by Crippen LogP contribution is 2.36. The van der Waals surface area contributed by atoms with Crippen molar-refractivity contribution in [1.29, 1.82) is 0 Å². The van der Waals surface area contributed by atoms with Gasteiger partial charge in [-0.05, 0) is 6.42 Å². The Morgan fingerprint density at radius 3 is 1.65 bits per heavy atom. The van der Waals surface area contributed by atoms with E-state index in [-0.39, 0.29) is 6.42 Å². The van der Waals surface area contributed by atoms with Gasteiger partial charge in [-0.3, -0.25) is 10.3 Å². The summed E-state index contributed by atoms with van der Waals surface area (Å²) in [5.41, 5.74) is 3.30. The van der Waals surface area contributed by atoms with Gasteiger partial charge >= 0.3 is 7.82 Å². The summed E-state index contributed by atoms with van der Waals surface area (Å²) < 4.78 is 14.8. The molecule has 158 valence electrons. The van der Waals surface area contributed by atoms with E-state index in [1.54, 1.807) is 0 Å². The zero-order valence-corrected chi connectivity index (χ0v) is 17.2. The van der Waals surface area contributed by atoms with E-state index in [1.165, 1.54) is 64.2 Å². The second kappa shape index (κ2) is 15.0. The average Bonchev–Trinajstić information content (AvgIpc) is 2.56. The molecule has 0 aliphatic rings. The quantitative estimate of drug-likeness (QED) is 0.136. The van der Waals surface area contributed by atoms with E-state index in [2.05, 4.69) is 11.4 Å². The maximum atomic E-state index is 10.6. The van der Waals surface area contributed by atoms with Crippen LogP contribution in [0.25, 0.3) is 0 Å². The van der Waals surface area contributed by atoms with Gasteiger partial charge in [-0.2, -0.15) is 0 Å². The van der Waals surface area contributed by atoms with Gasteiger partial charge in [-0.1, -0.05) is 90.4 Å². The Balaban J connectivity index is 3.50. The van der Waals surface area contributed by atoms with Crippen LogP contribution in [0.5, 0.6) is 0 Å². The Morgan fingerprint density at radius 1 is 0.885 bits per heavy atom. The number of phosphoric ester groups is 1. The topological polar surface area (TPSA) is 133 Å². The summed E-state index contributed by atoms with van der Waals surface area (Å²) in [5.74, 6) is 0. The maximum Gasteiger partial charge on any atom is 0.469 e. The van der Waals surface area contributed by atoms with Crippen molar-refractivity contribution in [3.05, 3.63) is 0 Å². The van der Waals surface area contributed by atoms with Crippen LogP contribution >= 0.6 is 7.82 Å². The van der Waals surface area contributed by atoms with E-state index in [0.717, 1.165) is 12.8 Å². The minimum absolute atomic E-state index is 0.273. The van der Waals surface area contributed by atoms with Crippen molar-refractivity contribution in [1.82, 2.24) is 0 Å². The third-order valence-corrected chi connectivity index (χ3v) is 5.09. The van der Waals surface area contributed by atoms with Crippen molar-refractivity contribution in [2.24, 2.45) is 5.73 Å². The molecule has 0 heterocycles. The molecule has 0 bridgehead atoms. The molecule has 0 saturated carbocycles. The number of unbranched alkanes of at least 4 members (excludes halogenated alkanes) is 12. The van der Waals surface area contributed by atoms with Crippen molar-refractivity contribution in [2.75, 3.05) is 6.61 Å². The van der Waals surface area contributed by atoms with Gasteiger partial charge in [0.2, 0.25) is 0 Å². The van der Waals surface area contributed by atoms with Crippen LogP contribution < -0.4 is 5.73 Å². The summed E-state index contributed by atoms with van der Waals surface area (Å²) >= 11 is 0. The molecule has 0 aromatic rings. The normalized spacial score (nSPS) is 15.8. The van der Waals surface area contributed by atoms with E-state index in [4.69, 9.17) is 15.5 Å². The monoisotopic (exact) mass is 397 g/mol. The fourth-order valence-electron chi connectivity index (χ4n) is 2.89. The van der Waals surface area contributed by atoms with E-state index in [1.807, 2.05) is 0 Å². The van der Waals surface area contributed by atoms with Crippen molar-refractivity contribution >= 4 is 7.82 Å². The molecule has 0 aliphatic heterocycles. The van der Waals surface area contributed by atoms with Gasteiger partial charge in [-0.15, -0.1) is 0 Å². The predicted octanol–water partition coefficient (Wildman–Crippen LogP) is 3.59. The van der Waals surface area contributed by atoms with E-state index < -0.39 is 26.3 Å². The molecule has 0 fully saturated rings. The first-order valence-electron chi connectivity index (χ1n) is 10.1. The first kappa shape index (κ1) is 26.0. The van der Waals surface area contributed by atoms with E-state index in [0.29, 0.717) is 6.42 Å². The first-order chi connectivity index (χ1) is 12.2. The maximum absolute atomic E-state index is 10.6.